The van der Waals surface area contributed by atoms with E-state index in [4.69, 9.17) is 0 Å². The maximum atomic E-state index is 12.5. The molecule has 2 rings (SSSR count). The molecule has 142 valence electrons. The topological polar surface area (TPSA) is 90.0 Å². The van der Waals surface area contributed by atoms with Gasteiger partial charge < -0.3 is 20.2 Å². The number of nitrogens with zero attached hydrogens (tertiary/aromatic N) is 2. The molecule has 2 N–H and O–H groups in total. The van der Waals surface area contributed by atoms with E-state index in [0.29, 0.717) is 25.9 Å². The van der Waals surface area contributed by atoms with E-state index in [-0.39, 0.29) is 24.4 Å². The third-order valence-electron chi connectivity index (χ3n) is 5.85. The Bertz CT molecular complexity index is 499. The van der Waals surface area contributed by atoms with E-state index in [1.165, 1.54) is 0 Å². The highest BCUT2D eigenvalue weighted by Crippen LogP contribution is 2.26. The van der Waals surface area contributed by atoms with Gasteiger partial charge in [-0.15, -0.1) is 0 Å². The van der Waals surface area contributed by atoms with Crippen molar-refractivity contribution in [2.45, 2.75) is 52.4 Å². The number of carboxylic acid groups (broad SMARTS) is 1. The average molecular weight is 353 g/mol. The summed E-state index contributed by atoms with van der Waals surface area (Å²) in [4.78, 5) is 40.2. The molecule has 0 aromatic heterocycles. The molecule has 1 atom stereocenters. The summed E-state index contributed by atoms with van der Waals surface area (Å²) in [5.41, 5.74) is -0.907. The summed E-state index contributed by atoms with van der Waals surface area (Å²) in [6, 6.07) is 0.0389. The van der Waals surface area contributed by atoms with Crippen LogP contribution in [0.4, 0.5) is 4.79 Å². The van der Waals surface area contributed by atoms with E-state index in [9.17, 15) is 19.5 Å². The lowest BCUT2D eigenvalue weighted by Gasteiger charge is -2.35. The number of likely N-dealkylation sites (tertiary alicyclic amines) is 2. The molecule has 2 heterocycles. The number of carboxylic acids is 1. The van der Waals surface area contributed by atoms with Gasteiger partial charge in [-0.1, -0.05) is 13.8 Å². The summed E-state index contributed by atoms with van der Waals surface area (Å²) in [6.07, 6.45) is 4.60. The first kappa shape index (κ1) is 19.5. The molecular formula is C18H31N3O4. The standard InChI is InChI=1S/C18H31N3O4/c1-3-18(4-2,16(23)24)13-19-15(22)14-8-7-11-21(12-14)17(25)20-9-5-6-10-20/h14H,3-13H2,1-2H3,(H,19,22)(H,23,24). The van der Waals surface area contributed by atoms with E-state index in [1.807, 2.05) is 18.7 Å². The van der Waals surface area contributed by atoms with Crippen molar-refractivity contribution in [3.63, 3.8) is 0 Å². The first-order valence-corrected chi connectivity index (χ1v) is 9.48. The Labute approximate surface area is 149 Å². The number of nitrogens with one attached hydrogen (secondary N) is 1. The largest absolute Gasteiger partial charge is 0.481 e. The highest BCUT2D eigenvalue weighted by atomic mass is 16.4. The normalized spacial score (nSPS) is 21.3. The Hall–Kier alpha value is -1.79. The maximum absolute atomic E-state index is 12.5. The highest BCUT2D eigenvalue weighted by molar-refractivity contribution is 5.82. The molecule has 0 spiro atoms. The predicted molar refractivity (Wildman–Crippen MR) is 94.2 cm³/mol. The van der Waals surface area contributed by atoms with Crippen LogP contribution in [-0.2, 0) is 9.59 Å². The van der Waals surface area contributed by atoms with Crippen LogP contribution in [0.25, 0.3) is 0 Å². The lowest BCUT2D eigenvalue weighted by atomic mass is 9.82. The summed E-state index contributed by atoms with van der Waals surface area (Å²) >= 11 is 0. The number of aliphatic carboxylic acids is 1. The van der Waals surface area contributed by atoms with Gasteiger partial charge in [0.15, 0.2) is 0 Å². The number of carbonyl (C=O) groups excluding carboxylic acids is 2. The van der Waals surface area contributed by atoms with Crippen molar-refractivity contribution < 1.29 is 19.5 Å². The van der Waals surface area contributed by atoms with E-state index < -0.39 is 11.4 Å². The summed E-state index contributed by atoms with van der Waals surface area (Å²) < 4.78 is 0. The number of rotatable bonds is 6. The third-order valence-corrected chi connectivity index (χ3v) is 5.85. The molecule has 2 fully saturated rings. The summed E-state index contributed by atoms with van der Waals surface area (Å²) in [7, 11) is 0. The van der Waals surface area contributed by atoms with Crippen molar-refractivity contribution in [1.82, 2.24) is 15.1 Å². The van der Waals surface area contributed by atoms with Crippen LogP contribution in [0.15, 0.2) is 0 Å². The van der Waals surface area contributed by atoms with Crippen LogP contribution in [0.1, 0.15) is 52.4 Å². The second kappa shape index (κ2) is 8.54. The minimum atomic E-state index is -0.907. The second-order valence-electron chi connectivity index (χ2n) is 7.27. The number of piperidine rings is 1. The lowest BCUT2D eigenvalue weighted by Crippen LogP contribution is -2.51. The molecule has 0 aromatic rings. The predicted octanol–water partition coefficient (Wildman–Crippen LogP) is 1.92. The van der Waals surface area contributed by atoms with Crippen LogP contribution >= 0.6 is 0 Å². The van der Waals surface area contributed by atoms with Gasteiger partial charge in [0.2, 0.25) is 5.91 Å². The molecule has 7 heteroatoms. The molecule has 3 amide bonds. The van der Waals surface area contributed by atoms with Crippen LogP contribution in [0, 0.1) is 11.3 Å². The van der Waals surface area contributed by atoms with Gasteiger partial charge in [-0.2, -0.15) is 0 Å². The van der Waals surface area contributed by atoms with Crippen LogP contribution in [0.5, 0.6) is 0 Å². The van der Waals surface area contributed by atoms with E-state index in [0.717, 1.165) is 38.8 Å². The fraction of sp³-hybridized carbons (Fsp3) is 0.833. The monoisotopic (exact) mass is 353 g/mol. The lowest BCUT2D eigenvalue weighted by molar-refractivity contribution is -0.149. The Morgan fingerprint density at radius 3 is 2.20 bits per heavy atom. The molecule has 2 aliphatic heterocycles. The van der Waals surface area contributed by atoms with Crippen molar-refractivity contribution in [3.8, 4) is 0 Å². The summed E-state index contributed by atoms with van der Waals surface area (Å²) in [6.45, 7) is 6.55. The molecule has 7 nitrogen and oxygen atoms in total. The molecule has 0 aromatic carbocycles. The molecule has 2 aliphatic rings. The van der Waals surface area contributed by atoms with Crippen molar-refractivity contribution in [2.75, 3.05) is 32.7 Å². The Balaban J connectivity index is 1.90. The second-order valence-corrected chi connectivity index (χ2v) is 7.27. The zero-order valence-electron chi connectivity index (χ0n) is 15.4. The van der Waals surface area contributed by atoms with Crippen molar-refractivity contribution in [3.05, 3.63) is 0 Å². The molecule has 1 unspecified atom stereocenters. The Kier molecular flexibility index (Phi) is 6.67. The number of urea groups is 1. The van der Waals surface area contributed by atoms with E-state index in [2.05, 4.69) is 5.32 Å². The Morgan fingerprint density at radius 1 is 1.04 bits per heavy atom. The fourth-order valence-electron chi connectivity index (χ4n) is 3.75. The van der Waals surface area contributed by atoms with Gasteiger partial charge in [-0.3, -0.25) is 9.59 Å². The SMILES string of the molecule is CCC(CC)(CNC(=O)C1CCCN(C(=O)N2CCCC2)C1)C(=O)O. The highest BCUT2D eigenvalue weighted by Gasteiger charge is 2.37. The maximum Gasteiger partial charge on any atom is 0.320 e. The van der Waals surface area contributed by atoms with Gasteiger partial charge >= 0.3 is 12.0 Å². The van der Waals surface area contributed by atoms with Gasteiger partial charge in [-0.05, 0) is 38.5 Å². The van der Waals surface area contributed by atoms with Gasteiger partial charge in [-0.25, -0.2) is 4.79 Å². The van der Waals surface area contributed by atoms with Crippen LogP contribution in [0.2, 0.25) is 0 Å². The number of carbonyl (C=O) groups is 3. The smallest absolute Gasteiger partial charge is 0.320 e. The molecular weight excluding hydrogens is 322 g/mol. The van der Waals surface area contributed by atoms with Crippen molar-refractivity contribution in [2.24, 2.45) is 11.3 Å². The fourth-order valence-corrected chi connectivity index (χ4v) is 3.75. The van der Waals surface area contributed by atoms with Crippen LogP contribution in [-0.4, -0.2) is 65.5 Å². The van der Waals surface area contributed by atoms with E-state index in [1.54, 1.807) is 4.90 Å². The zero-order valence-corrected chi connectivity index (χ0v) is 15.4. The van der Waals surface area contributed by atoms with Gasteiger partial charge in [0.1, 0.15) is 0 Å². The number of amides is 3. The van der Waals surface area contributed by atoms with Crippen molar-refractivity contribution >= 4 is 17.9 Å². The van der Waals surface area contributed by atoms with Crippen LogP contribution in [0.3, 0.4) is 0 Å². The first-order valence-electron chi connectivity index (χ1n) is 9.48. The zero-order chi connectivity index (χ0) is 18.4. The summed E-state index contributed by atoms with van der Waals surface area (Å²) in [5, 5.41) is 12.3. The first-order chi connectivity index (χ1) is 11.9. The van der Waals surface area contributed by atoms with Gasteiger partial charge in [0, 0.05) is 32.7 Å². The van der Waals surface area contributed by atoms with Crippen molar-refractivity contribution in [1.29, 1.82) is 0 Å². The summed E-state index contributed by atoms with van der Waals surface area (Å²) in [5.74, 6) is -1.25. The minimum Gasteiger partial charge on any atom is -0.481 e. The molecule has 0 aliphatic carbocycles. The molecule has 0 bridgehead atoms. The molecule has 0 radical (unpaired) electrons. The Morgan fingerprint density at radius 2 is 1.64 bits per heavy atom. The molecule has 25 heavy (non-hydrogen) atoms. The van der Waals surface area contributed by atoms with Gasteiger partial charge in [0.25, 0.3) is 0 Å². The average Bonchev–Trinajstić information content (AvgIpc) is 3.16. The number of hydrogen-bond acceptors (Lipinski definition) is 3. The minimum absolute atomic E-state index is 0.0389. The number of hydrogen-bond donors (Lipinski definition) is 2. The molecule has 0 saturated carbocycles. The van der Waals surface area contributed by atoms with E-state index >= 15 is 0 Å². The molecule has 2 saturated heterocycles. The third kappa shape index (κ3) is 4.44. The van der Waals surface area contributed by atoms with Gasteiger partial charge in [0.05, 0.1) is 11.3 Å². The van der Waals surface area contributed by atoms with Crippen LogP contribution < -0.4 is 5.32 Å². The quantitative estimate of drug-likeness (QED) is 0.763.